The summed E-state index contributed by atoms with van der Waals surface area (Å²) in [5.41, 5.74) is 1.77. The summed E-state index contributed by atoms with van der Waals surface area (Å²) in [5, 5.41) is 0. The van der Waals surface area contributed by atoms with Crippen LogP contribution in [0.3, 0.4) is 0 Å². The van der Waals surface area contributed by atoms with Gasteiger partial charge >= 0.3 is 0 Å². The maximum Gasteiger partial charge on any atom is 0.243 e. The largest absolute Gasteiger partial charge is 0.379 e. The number of ether oxygens (including phenoxy) is 1. The van der Waals surface area contributed by atoms with Gasteiger partial charge in [0.15, 0.2) is 0 Å². The number of nitrogens with zero attached hydrogens (tertiary/aromatic N) is 4. The van der Waals surface area contributed by atoms with Crippen LogP contribution in [0.1, 0.15) is 38.9 Å². The Balaban J connectivity index is 1.65. The monoisotopic (exact) mass is 420 g/mol. The van der Waals surface area contributed by atoms with E-state index >= 15 is 0 Å². The molecule has 1 atom stereocenters. The zero-order valence-corrected chi connectivity index (χ0v) is 18.5. The van der Waals surface area contributed by atoms with Crippen LogP contribution in [0.15, 0.2) is 23.1 Å². The van der Waals surface area contributed by atoms with Crippen LogP contribution in [-0.4, -0.2) is 66.6 Å². The van der Waals surface area contributed by atoms with Crippen LogP contribution >= 0.6 is 0 Å². The second-order valence-corrected chi connectivity index (χ2v) is 10.3. The van der Waals surface area contributed by atoms with E-state index in [1.54, 1.807) is 12.1 Å². The Hall–Kier alpha value is -1.48. The van der Waals surface area contributed by atoms with Gasteiger partial charge in [-0.05, 0) is 57.4 Å². The summed E-state index contributed by atoms with van der Waals surface area (Å²) in [6, 6.07) is 5.92. The summed E-state index contributed by atoms with van der Waals surface area (Å²) in [7, 11) is -1.36. The van der Waals surface area contributed by atoms with Crippen molar-refractivity contribution in [2.75, 3.05) is 33.4 Å². The van der Waals surface area contributed by atoms with E-state index < -0.39 is 10.0 Å². The molecule has 8 heteroatoms. The van der Waals surface area contributed by atoms with Gasteiger partial charge in [0.05, 0.1) is 35.7 Å². The molecule has 1 saturated heterocycles. The molecular weight excluding hydrogens is 388 g/mol. The van der Waals surface area contributed by atoms with Crippen LogP contribution in [0.25, 0.3) is 11.0 Å². The molecule has 29 heavy (non-hydrogen) atoms. The molecule has 0 N–H and O–H groups in total. The zero-order valence-electron chi connectivity index (χ0n) is 17.7. The summed E-state index contributed by atoms with van der Waals surface area (Å²) in [5.74, 6) is 1.81. The van der Waals surface area contributed by atoms with Crippen molar-refractivity contribution in [1.82, 2.24) is 18.8 Å². The van der Waals surface area contributed by atoms with Gasteiger partial charge in [-0.1, -0.05) is 6.92 Å². The summed E-state index contributed by atoms with van der Waals surface area (Å²) in [4.78, 5) is 7.56. The Labute approximate surface area is 173 Å². The third kappa shape index (κ3) is 4.21. The molecule has 7 nitrogen and oxygen atoms in total. The number of hydrogen-bond donors (Lipinski definition) is 0. The molecule has 1 aromatic carbocycles. The third-order valence-electron chi connectivity index (χ3n) is 6.24. The first-order valence-electron chi connectivity index (χ1n) is 10.7. The number of sulfonamides is 1. The highest BCUT2D eigenvalue weighted by atomic mass is 32.2. The average molecular weight is 421 g/mol. The lowest BCUT2D eigenvalue weighted by molar-refractivity contribution is 0.0730. The van der Waals surface area contributed by atoms with Gasteiger partial charge in [-0.3, -0.25) is 4.90 Å². The molecule has 1 aliphatic carbocycles. The molecule has 1 aliphatic heterocycles. The van der Waals surface area contributed by atoms with Crippen molar-refractivity contribution in [1.29, 1.82) is 0 Å². The van der Waals surface area contributed by atoms with Crippen molar-refractivity contribution in [2.24, 2.45) is 5.92 Å². The number of aromatic nitrogens is 2. The first-order valence-corrected chi connectivity index (χ1v) is 12.1. The number of rotatable bonds is 8. The van der Waals surface area contributed by atoms with E-state index in [4.69, 9.17) is 9.72 Å². The van der Waals surface area contributed by atoms with Gasteiger partial charge in [-0.2, -0.15) is 4.31 Å². The van der Waals surface area contributed by atoms with Crippen LogP contribution in [0.2, 0.25) is 0 Å². The van der Waals surface area contributed by atoms with Gasteiger partial charge in [0, 0.05) is 25.7 Å². The standard InChI is InChI=1S/C21H32N4O3S/c1-4-9-25-20-8-7-18(29(26,27)24-10-12-28-13-11-24)14-19(20)22-21(25)15-23(3)16(2)17-5-6-17/h7-8,14,16-17H,4-6,9-13,15H2,1-3H3. The maximum atomic E-state index is 13.0. The molecule has 0 spiro atoms. The predicted molar refractivity (Wildman–Crippen MR) is 113 cm³/mol. The van der Waals surface area contributed by atoms with Crippen LogP contribution in [0, 0.1) is 5.92 Å². The van der Waals surface area contributed by atoms with Crippen LogP contribution in [0.4, 0.5) is 0 Å². The van der Waals surface area contributed by atoms with E-state index in [0.717, 1.165) is 42.3 Å². The average Bonchev–Trinajstić information content (AvgIpc) is 3.52. The van der Waals surface area contributed by atoms with Crippen LogP contribution in [0.5, 0.6) is 0 Å². The van der Waals surface area contributed by atoms with Crippen molar-refractivity contribution >= 4 is 21.1 Å². The minimum atomic E-state index is -3.52. The van der Waals surface area contributed by atoms with E-state index in [2.05, 4.69) is 30.4 Å². The van der Waals surface area contributed by atoms with Crippen molar-refractivity contribution < 1.29 is 13.2 Å². The molecule has 0 bridgehead atoms. The highest BCUT2D eigenvalue weighted by Crippen LogP contribution is 2.35. The molecule has 2 fully saturated rings. The number of benzene rings is 1. The maximum absolute atomic E-state index is 13.0. The molecule has 1 saturated carbocycles. The third-order valence-corrected chi connectivity index (χ3v) is 8.14. The number of hydrogen-bond acceptors (Lipinski definition) is 5. The first-order chi connectivity index (χ1) is 13.9. The fraction of sp³-hybridized carbons (Fsp3) is 0.667. The molecule has 1 aromatic heterocycles. The predicted octanol–water partition coefficient (Wildman–Crippen LogP) is 2.70. The zero-order chi connectivity index (χ0) is 20.6. The van der Waals surface area contributed by atoms with Gasteiger partial charge in [0.1, 0.15) is 5.82 Å². The van der Waals surface area contributed by atoms with Crippen molar-refractivity contribution in [3.8, 4) is 0 Å². The van der Waals surface area contributed by atoms with E-state index in [1.165, 1.54) is 17.1 Å². The highest BCUT2D eigenvalue weighted by molar-refractivity contribution is 7.89. The Morgan fingerprint density at radius 2 is 2.00 bits per heavy atom. The van der Waals surface area contributed by atoms with E-state index in [1.807, 2.05) is 6.07 Å². The Morgan fingerprint density at radius 1 is 1.28 bits per heavy atom. The molecular formula is C21H32N4O3S. The summed E-state index contributed by atoms with van der Waals surface area (Å²) in [6.07, 6.45) is 3.65. The van der Waals surface area contributed by atoms with Crippen molar-refractivity contribution in [3.63, 3.8) is 0 Å². The van der Waals surface area contributed by atoms with Gasteiger partial charge in [-0.15, -0.1) is 0 Å². The highest BCUT2D eigenvalue weighted by Gasteiger charge is 2.31. The summed E-state index contributed by atoms with van der Waals surface area (Å²) in [6.45, 7) is 7.80. The second kappa shape index (κ2) is 8.34. The lowest BCUT2D eigenvalue weighted by Crippen LogP contribution is -2.40. The molecule has 1 unspecified atom stereocenters. The van der Waals surface area contributed by atoms with Crippen LogP contribution in [-0.2, 0) is 27.8 Å². The molecule has 160 valence electrons. The lowest BCUT2D eigenvalue weighted by atomic mass is 10.2. The summed E-state index contributed by atoms with van der Waals surface area (Å²) < 4.78 is 35.1. The minimum Gasteiger partial charge on any atom is -0.379 e. The molecule has 2 heterocycles. The van der Waals surface area contributed by atoms with E-state index in [9.17, 15) is 8.42 Å². The fourth-order valence-corrected chi connectivity index (χ4v) is 5.58. The molecule has 2 aliphatic rings. The molecule has 4 rings (SSSR count). The SMILES string of the molecule is CCCn1c(CN(C)C(C)C2CC2)nc2cc(S(=O)(=O)N3CCOCC3)ccc21. The van der Waals surface area contributed by atoms with Gasteiger partial charge < -0.3 is 9.30 Å². The van der Waals surface area contributed by atoms with Crippen molar-refractivity contribution in [2.45, 2.75) is 57.1 Å². The number of aryl methyl sites for hydroxylation is 1. The Kier molecular flexibility index (Phi) is 5.97. The van der Waals surface area contributed by atoms with Gasteiger partial charge in [0.25, 0.3) is 0 Å². The summed E-state index contributed by atoms with van der Waals surface area (Å²) >= 11 is 0. The van der Waals surface area contributed by atoms with E-state index in [0.29, 0.717) is 37.2 Å². The first kappa shape index (κ1) is 20.8. The van der Waals surface area contributed by atoms with Crippen molar-refractivity contribution in [3.05, 3.63) is 24.0 Å². The smallest absolute Gasteiger partial charge is 0.243 e. The lowest BCUT2D eigenvalue weighted by Gasteiger charge is -2.26. The van der Waals surface area contributed by atoms with Crippen LogP contribution < -0.4 is 0 Å². The topological polar surface area (TPSA) is 67.7 Å². The van der Waals surface area contributed by atoms with E-state index in [-0.39, 0.29) is 0 Å². The number of morpholine rings is 1. The number of fused-ring (bicyclic) bond motifs is 1. The normalized spacial score (nSPS) is 19.9. The molecule has 0 radical (unpaired) electrons. The van der Waals surface area contributed by atoms with Gasteiger partial charge in [-0.25, -0.2) is 13.4 Å². The second-order valence-electron chi connectivity index (χ2n) is 8.34. The Bertz CT molecular complexity index is 962. The number of imidazole rings is 1. The Morgan fingerprint density at radius 3 is 2.66 bits per heavy atom. The molecule has 0 amide bonds. The van der Waals surface area contributed by atoms with Gasteiger partial charge in [0.2, 0.25) is 10.0 Å². The fourth-order valence-electron chi connectivity index (χ4n) is 4.16. The quantitative estimate of drug-likeness (QED) is 0.657. The minimum absolute atomic E-state index is 0.319. The molecule has 2 aromatic rings.